The average molecular weight is 407 g/mol. The van der Waals surface area contributed by atoms with Gasteiger partial charge in [0.15, 0.2) is 6.10 Å². The highest BCUT2D eigenvalue weighted by Crippen LogP contribution is 2.35. The van der Waals surface area contributed by atoms with Crippen molar-refractivity contribution in [3.63, 3.8) is 0 Å². The molecule has 0 spiro atoms. The molecule has 0 N–H and O–H groups in total. The van der Waals surface area contributed by atoms with Crippen molar-refractivity contribution in [3.8, 4) is 0 Å². The van der Waals surface area contributed by atoms with Crippen LogP contribution in [0, 0.1) is 0 Å². The van der Waals surface area contributed by atoms with Crippen molar-refractivity contribution >= 4 is 29.2 Å². The van der Waals surface area contributed by atoms with Crippen molar-refractivity contribution < 1.29 is 27.4 Å². The van der Waals surface area contributed by atoms with Crippen LogP contribution in [0.4, 0.5) is 13.2 Å². The third kappa shape index (κ3) is 5.37. The molecule has 3 nitrogen and oxygen atoms in total. The minimum absolute atomic E-state index is 0.144. The number of benzene rings is 2. The van der Waals surface area contributed by atoms with Crippen LogP contribution in [0.3, 0.4) is 0 Å². The average Bonchev–Trinajstić information content (AvgIpc) is 2.57. The molecular weight excluding hydrogens is 392 g/mol. The summed E-state index contributed by atoms with van der Waals surface area (Å²) in [6.45, 7) is 1.56. The van der Waals surface area contributed by atoms with E-state index in [1.807, 2.05) is 0 Å². The first kappa shape index (κ1) is 20.6. The molecule has 0 saturated heterocycles. The summed E-state index contributed by atoms with van der Waals surface area (Å²) in [5.74, 6) is -0.639. The maximum Gasteiger partial charge on any atom is 0.417 e. The van der Waals surface area contributed by atoms with Crippen molar-refractivity contribution in [3.05, 3.63) is 69.2 Å². The fourth-order valence-electron chi connectivity index (χ4n) is 2.21. The topological polar surface area (TPSA) is 35.5 Å². The molecule has 0 aliphatic rings. The summed E-state index contributed by atoms with van der Waals surface area (Å²) < 4.78 is 49.4. The van der Waals surface area contributed by atoms with E-state index in [1.165, 1.54) is 6.07 Å². The summed E-state index contributed by atoms with van der Waals surface area (Å²) in [5.41, 5.74) is -0.248. The molecule has 26 heavy (non-hydrogen) atoms. The van der Waals surface area contributed by atoms with Gasteiger partial charge in [-0.15, -0.1) is 0 Å². The maximum atomic E-state index is 12.9. The smallest absolute Gasteiger partial charge is 0.417 e. The molecule has 0 aliphatic heterocycles. The molecule has 1 atom stereocenters. The minimum atomic E-state index is -4.58. The van der Waals surface area contributed by atoms with Crippen molar-refractivity contribution in [1.82, 2.24) is 0 Å². The quantitative estimate of drug-likeness (QED) is 0.565. The number of hydrogen-bond acceptors (Lipinski definition) is 3. The Labute approximate surface area is 158 Å². The van der Waals surface area contributed by atoms with Crippen molar-refractivity contribution in [2.24, 2.45) is 0 Å². The van der Waals surface area contributed by atoms with E-state index in [1.54, 1.807) is 31.2 Å². The normalized spacial score (nSPS) is 12.7. The molecule has 2 aromatic carbocycles. The Balaban J connectivity index is 2.22. The lowest BCUT2D eigenvalue weighted by molar-refractivity contribution is -0.158. The predicted octanol–water partition coefficient (Wildman–Crippen LogP) is 5.83. The van der Waals surface area contributed by atoms with Crippen LogP contribution in [0.25, 0.3) is 0 Å². The van der Waals surface area contributed by atoms with Gasteiger partial charge >= 0.3 is 12.1 Å². The number of halogens is 5. The van der Waals surface area contributed by atoms with Gasteiger partial charge in [-0.05, 0) is 42.3 Å². The van der Waals surface area contributed by atoms with E-state index in [4.69, 9.17) is 32.7 Å². The van der Waals surface area contributed by atoms with Gasteiger partial charge in [0, 0.05) is 5.02 Å². The van der Waals surface area contributed by atoms with Gasteiger partial charge in [0.2, 0.25) is 0 Å². The number of carbonyl (C=O) groups excluding carboxylic acids is 1. The van der Waals surface area contributed by atoms with Gasteiger partial charge in [0.05, 0.1) is 23.8 Å². The molecule has 0 aliphatic carbocycles. The minimum Gasteiger partial charge on any atom is -0.464 e. The zero-order valence-corrected chi connectivity index (χ0v) is 15.2. The second-order valence-electron chi connectivity index (χ2n) is 5.31. The molecule has 1 unspecified atom stereocenters. The highest BCUT2D eigenvalue weighted by Gasteiger charge is 2.33. The van der Waals surface area contributed by atoms with Crippen molar-refractivity contribution in [1.29, 1.82) is 0 Å². The molecular formula is C18H15Cl2F3O3. The first-order valence-corrected chi connectivity index (χ1v) is 8.37. The van der Waals surface area contributed by atoms with Gasteiger partial charge in [0.1, 0.15) is 0 Å². The summed E-state index contributed by atoms with van der Waals surface area (Å²) >= 11 is 11.4. The van der Waals surface area contributed by atoms with Crippen molar-refractivity contribution in [2.75, 3.05) is 6.61 Å². The lowest BCUT2D eigenvalue weighted by Gasteiger charge is -2.18. The first-order chi connectivity index (χ1) is 12.2. The van der Waals surface area contributed by atoms with Crippen LogP contribution in [-0.2, 0) is 27.1 Å². The highest BCUT2D eigenvalue weighted by molar-refractivity contribution is 6.31. The summed E-state index contributed by atoms with van der Waals surface area (Å²) in [5, 5.41) is 0.0739. The lowest BCUT2D eigenvalue weighted by Crippen LogP contribution is -2.19. The number of esters is 1. The van der Waals surface area contributed by atoms with E-state index >= 15 is 0 Å². The van der Waals surface area contributed by atoms with Crippen LogP contribution >= 0.6 is 23.2 Å². The largest absolute Gasteiger partial charge is 0.464 e. The summed E-state index contributed by atoms with van der Waals surface area (Å²) in [4.78, 5) is 12.1. The zero-order valence-electron chi connectivity index (χ0n) is 13.6. The Kier molecular flexibility index (Phi) is 6.92. The number of hydrogen-bond donors (Lipinski definition) is 0. The van der Waals surface area contributed by atoms with Crippen LogP contribution in [-0.4, -0.2) is 12.6 Å². The van der Waals surface area contributed by atoms with Gasteiger partial charge in [-0.3, -0.25) is 0 Å². The number of alkyl halides is 3. The van der Waals surface area contributed by atoms with E-state index in [9.17, 15) is 18.0 Å². The SMILES string of the molecule is CCOC(=O)C(OCc1ccc(Cl)c(C(F)(F)F)c1)c1ccc(Cl)cc1. The molecule has 8 heteroatoms. The van der Waals surface area contributed by atoms with Gasteiger partial charge in [-0.2, -0.15) is 13.2 Å². The van der Waals surface area contributed by atoms with Crippen LogP contribution in [0.1, 0.15) is 29.7 Å². The molecule has 0 amide bonds. The van der Waals surface area contributed by atoms with Crippen LogP contribution < -0.4 is 0 Å². The predicted molar refractivity (Wildman–Crippen MR) is 92.1 cm³/mol. The molecule has 0 saturated carbocycles. The second-order valence-corrected chi connectivity index (χ2v) is 6.15. The van der Waals surface area contributed by atoms with E-state index in [0.717, 1.165) is 12.1 Å². The maximum absolute atomic E-state index is 12.9. The Bertz CT molecular complexity index is 761. The summed E-state index contributed by atoms with van der Waals surface area (Å²) in [6, 6.07) is 9.78. The first-order valence-electron chi connectivity index (χ1n) is 7.61. The third-order valence-corrected chi connectivity index (χ3v) is 4.01. The third-order valence-electron chi connectivity index (χ3n) is 3.43. The number of ether oxygens (including phenoxy) is 2. The van der Waals surface area contributed by atoms with Crippen LogP contribution in [0.2, 0.25) is 10.0 Å². The van der Waals surface area contributed by atoms with Crippen LogP contribution in [0.15, 0.2) is 42.5 Å². The van der Waals surface area contributed by atoms with Gasteiger partial charge in [0.25, 0.3) is 0 Å². The fraction of sp³-hybridized carbons (Fsp3) is 0.278. The molecule has 140 valence electrons. The highest BCUT2D eigenvalue weighted by atomic mass is 35.5. The van der Waals surface area contributed by atoms with E-state index in [0.29, 0.717) is 10.6 Å². The van der Waals surface area contributed by atoms with Gasteiger partial charge in [-0.25, -0.2) is 4.79 Å². The molecule has 0 aromatic heterocycles. The van der Waals surface area contributed by atoms with E-state index < -0.39 is 28.8 Å². The second kappa shape index (κ2) is 8.75. The monoisotopic (exact) mass is 406 g/mol. The summed E-state index contributed by atoms with van der Waals surface area (Å²) in [6.07, 6.45) is -5.67. The molecule has 0 radical (unpaired) electrons. The van der Waals surface area contributed by atoms with Crippen LogP contribution in [0.5, 0.6) is 0 Å². The van der Waals surface area contributed by atoms with Gasteiger partial charge < -0.3 is 9.47 Å². The molecule has 0 fully saturated rings. The standard InChI is InChI=1S/C18H15Cl2F3O3/c1-2-25-17(24)16(12-4-6-13(19)7-5-12)26-10-11-3-8-15(20)14(9-11)18(21,22)23/h3-9,16H,2,10H2,1H3. The Hall–Kier alpha value is -1.76. The molecule has 0 bridgehead atoms. The molecule has 0 heterocycles. The van der Waals surface area contributed by atoms with E-state index in [2.05, 4.69) is 0 Å². The zero-order chi connectivity index (χ0) is 19.3. The molecule has 2 aromatic rings. The lowest BCUT2D eigenvalue weighted by atomic mass is 10.1. The molecule has 2 rings (SSSR count). The van der Waals surface area contributed by atoms with Gasteiger partial charge in [-0.1, -0.05) is 41.4 Å². The fourth-order valence-corrected chi connectivity index (χ4v) is 2.57. The Morgan fingerprint density at radius 2 is 1.77 bits per heavy atom. The number of rotatable bonds is 6. The summed E-state index contributed by atoms with van der Waals surface area (Å²) in [7, 11) is 0. The Morgan fingerprint density at radius 3 is 2.35 bits per heavy atom. The Morgan fingerprint density at radius 1 is 1.12 bits per heavy atom. The van der Waals surface area contributed by atoms with E-state index in [-0.39, 0.29) is 18.8 Å². The van der Waals surface area contributed by atoms with Crippen molar-refractivity contribution in [2.45, 2.75) is 25.8 Å². The number of carbonyl (C=O) groups is 1.